The summed E-state index contributed by atoms with van der Waals surface area (Å²) >= 11 is 1.28. The molecule has 3 aromatic rings. The van der Waals surface area contributed by atoms with Gasteiger partial charge in [0.15, 0.2) is 5.16 Å². The highest BCUT2D eigenvalue weighted by atomic mass is 32.2. The van der Waals surface area contributed by atoms with E-state index >= 15 is 0 Å². The van der Waals surface area contributed by atoms with Crippen LogP contribution in [-0.2, 0) is 12.2 Å². The first-order valence-electron chi connectivity index (χ1n) is 8.09. The molecule has 7 heteroatoms. The number of nitriles is 1. The van der Waals surface area contributed by atoms with Crippen molar-refractivity contribution in [2.75, 3.05) is 0 Å². The van der Waals surface area contributed by atoms with E-state index in [2.05, 4.69) is 9.97 Å². The molecule has 27 heavy (non-hydrogen) atoms. The number of H-pyrrole nitrogens is 1. The molecule has 0 bridgehead atoms. The Kier molecular flexibility index (Phi) is 5.69. The summed E-state index contributed by atoms with van der Waals surface area (Å²) < 4.78 is 0. The molecule has 0 aliphatic carbocycles. The maximum Gasteiger partial charge on any atom is 0.335 e. The molecule has 0 aliphatic rings. The zero-order chi connectivity index (χ0) is 19.2. The fraction of sp³-hybridized carbons (Fsp3) is 0.100. The Morgan fingerprint density at radius 2 is 1.89 bits per heavy atom. The van der Waals surface area contributed by atoms with E-state index in [9.17, 15) is 14.9 Å². The molecule has 2 aromatic carbocycles. The van der Waals surface area contributed by atoms with E-state index in [1.165, 1.54) is 17.8 Å². The van der Waals surface area contributed by atoms with Gasteiger partial charge in [0.2, 0.25) is 0 Å². The third-order valence-corrected chi connectivity index (χ3v) is 4.79. The maximum atomic E-state index is 12.2. The highest BCUT2D eigenvalue weighted by Crippen LogP contribution is 2.20. The predicted octanol–water partition coefficient (Wildman–Crippen LogP) is 3.22. The van der Waals surface area contributed by atoms with Crippen molar-refractivity contribution in [3.8, 4) is 6.07 Å². The molecule has 2 N–H and O–H groups in total. The van der Waals surface area contributed by atoms with E-state index in [-0.39, 0.29) is 11.1 Å². The lowest BCUT2D eigenvalue weighted by Crippen LogP contribution is -2.17. The number of benzene rings is 2. The number of aromatic amines is 1. The molecule has 0 saturated carbocycles. The maximum absolute atomic E-state index is 12.2. The van der Waals surface area contributed by atoms with Crippen LogP contribution in [0.25, 0.3) is 0 Å². The van der Waals surface area contributed by atoms with Gasteiger partial charge in [-0.2, -0.15) is 5.26 Å². The summed E-state index contributed by atoms with van der Waals surface area (Å²) in [4.78, 5) is 30.4. The van der Waals surface area contributed by atoms with E-state index in [1.807, 2.05) is 42.5 Å². The standard InChI is InChI=1S/C20H15N3O3S/c21-11-16-17(10-13-5-2-1-3-6-13)22-20(23-18(16)24)27-12-14-7-4-8-15(9-14)19(25)26/h1-9H,10,12H2,(H,25,26)(H,22,23,24). The Morgan fingerprint density at radius 1 is 1.15 bits per heavy atom. The second-order valence-electron chi connectivity index (χ2n) is 5.76. The average molecular weight is 377 g/mol. The Bertz CT molecular complexity index is 1070. The molecule has 0 spiro atoms. The summed E-state index contributed by atoms with van der Waals surface area (Å²) in [5.41, 5.74) is 1.93. The van der Waals surface area contributed by atoms with Crippen LogP contribution in [0.15, 0.2) is 64.5 Å². The molecule has 0 atom stereocenters. The Morgan fingerprint density at radius 3 is 2.59 bits per heavy atom. The van der Waals surface area contributed by atoms with Crippen molar-refractivity contribution in [2.45, 2.75) is 17.3 Å². The normalized spacial score (nSPS) is 10.3. The van der Waals surface area contributed by atoms with Crippen LogP contribution in [0, 0.1) is 11.3 Å². The molecule has 0 fully saturated rings. The van der Waals surface area contributed by atoms with Gasteiger partial charge in [-0.05, 0) is 23.3 Å². The summed E-state index contributed by atoms with van der Waals surface area (Å²) in [5, 5.41) is 18.7. The molecule has 0 aliphatic heterocycles. The van der Waals surface area contributed by atoms with E-state index in [1.54, 1.807) is 12.1 Å². The van der Waals surface area contributed by atoms with Gasteiger partial charge in [0.25, 0.3) is 5.56 Å². The predicted molar refractivity (Wildman–Crippen MR) is 102 cm³/mol. The second kappa shape index (κ2) is 8.34. The molecular formula is C20H15N3O3S. The third kappa shape index (κ3) is 4.63. The lowest BCUT2D eigenvalue weighted by Gasteiger charge is -2.07. The van der Waals surface area contributed by atoms with E-state index < -0.39 is 11.5 Å². The number of nitrogens with one attached hydrogen (secondary N) is 1. The topological polar surface area (TPSA) is 107 Å². The zero-order valence-corrected chi connectivity index (χ0v) is 15.0. The Hall–Kier alpha value is -3.37. The second-order valence-corrected chi connectivity index (χ2v) is 6.73. The van der Waals surface area contributed by atoms with Crippen molar-refractivity contribution in [3.63, 3.8) is 0 Å². The van der Waals surface area contributed by atoms with Crippen LogP contribution < -0.4 is 5.56 Å². The molecule has 1 heterocycles. The van der Waals surface area contributed by atoms with Gasteiger partial charge in [-0.1, -0.05) is 54.2 Å². The SMILES string of the molecule is N#Cc1c(Cc2ccccc2)nc(SCc2cccc(C(=O)O)c2)[nH]c1=O. The van der Waals surface area contributed by atoms with Gasteiger partial charge in [-0.3, -0.25) is 4.79 Å². The van der Waals surface area contributed by atoms with Gasteiger partial charge in [0.05, 0.1) is 11.3 Å². The summed E-state index contributed by atoms with van der Waals surface area (Å²) in [6.07, 6.45) is 0.385. The Labute approximate surface area is 159 Å². The van der Waals surface area contributed by atoms with Gasteiger partial charge in [0.1, 0.15) is 11.6 Å². The molecule has 0 unspecified atom stereocenters. The number of carboxylic acid groups (broad SMARTS) is 1. The molecule has 0 saturated heterocycles. The minimum absolute atomic E-state index is 0.0103. The first-order valence-corrected chi connectivity index (χ1v) is 9.07. The average Bonchev–Trinajstić information content (AvgIpc) is 2.67. The van der Waals surface area contributed by atoms with Crippen LogP contribution in [0.4, 0.5) is 0 Å². The number of rotatable bonds is 6. The minimum atomic E-state index is -0.989. The van der Waals surface area contributed by atoms with Crippen molar-refractivity contribution >= 4 is 17.7 Å². The number of carboxylic acids is 1. The van der Waals surface area contributed by atoms with Crippen molar-refractivity contribution in [1.82, 2.24) is 9.97 Å². The van der Waals surface area contributed by atoms with Crippen LogP contribution in [0.5, 0.6) is 0 Å². The van der Waals surface area contributed by atoms with Crippen LogP contribution in [0.2, 0.25) is 0 Å². The number of hydrogen-bond donors (Lipinski definition) is 2. The first-order chi connectivity index (χ1) is 13.1. The summed E-state index contributed by atoms with van der Waals surface area (Å²) in [6.45, 7) is 0. The largest absolute Gasteiger partial charge is 0.478 e. The third-order valence-electron chi connectivity index (χ3n) is 3.85. The molecule has 0 amide bonds. The van der Waals surface area contributed by atoms with Gasteiger partial charge in [-0.25, -0.2) is 9.78 Å². The van der Waals surface area contributed by atoms with Crippen molar-refractivity contribution in [3.05, 3.63) is 92.9 Å². The van der Waals surface area contributed by atoms with Crippen LogP contribution in [-0.4, -0.2) is 21.0 Å². The van der Waals surface area contributed by atoms with Crippen molar-refractivity contribution in [2.24, 2.45) is 0 Å². The van der Waals surface area contributed by atoms with Crippen LogP contribution in [0.3, 0.4) is 0 Å². The van der Waals surface area contributed by atoms with Gasteiger partial charge in [-0.15, -0.1) is 0 Å². The summed E-state index contributed by atoms with van der Waals surface area (Å²) in [5.74, 6) is -0.544. The van der Waals surface area contributed by atoms with Crippen LogP contribution >= 0.6 is 11.8 Å². The minimum Gasteiger partial charge on any atom is -0.478 e. The summed E-state index contributed by atoms with van der Waals surface area (Å²) in [6, 6.07) is 18.0. The zero-order valence-electron chi connectivity index (χ0n) is 14.2. The molecule has 134 valence electrons. The number of thioether (sulfide) groups is 1. The summed E-state index contributed by atoms with van der Waals surface area (Å²) in [7, 11) is 0. The highest BCUT2D eigenvalue weighted by molar-refractivity contribution is 7.98. The smallest absolute Gasteiger partial charge is 0.335 e. The fourth-order valence-electron chi connectivity index (χ4n) is 2.54. The van der Waals surface area contributed by atoms with E-state index in [4.69, 9.17) is 5.11 Å². The molecule has 6 nitrogen and oxygen atoms in total. The van der Waals surface area contributed by atoms with Gasteiger partial charge in [0, 0.05) is 12.2 Å². The van der Waals surface area contributed by atoms with Crippen molar-refractivity contribution < 1.29 is 9.90 Å². The van der Waals surface area contributed by atoms with Gasteiger partial charge >= 0.3 is 5.97 Å². The first kappa shape index (κ1) is 18.4. The fourth-order valence-corrected chi connectivity index (χ4v) is 3.37. The molecule has 1 aromatic heterocycles. The number of carbonyl (C=O) groups is 1. The Balaban J connectivity index is 1.84. The number of aromatic carboxylic acids is 1. The van der Waals surface area contributed by atoms with E-state index in [0.717, 1.165) is 11.1 Å². The number of aromatic nitrogens is 2. The molecule has 0 radical (unpaired) electrons. The quantitative estimate of drug-likeness (QED) is 0.504. The van der Waals surface area contributed by atoms with E-state index in [0.29, 0.717) is 23.0 Å². The molecular weight excluding hydrogens is 362 g/mol. The number of nitrogens with zero attached hydrogens (tertiary/aromatic N) is 2. The highest BCUT2D eigenvalue weighted by Gasteiger charge is 2.13. The lowest BCUT2D eigenvalue weighted by molar-refractivity contribution is 0.0697. The number of hydrogen-bond acceptors (Lipinski definition) is 5. The monoisotopic (exact) mass is 377 g/mol. The van der Waals surface area contributed by atoms with Crippen LogP contribution in [0.1, 0.15) is 32.7 Å². The van der Waals surface area contributed by atoms with Crippen molar-refractivity contribution in [1.29, 1.82) is 5.26 Å². The molecule has 3 rings (SSSR count). The van der Waals surface area contributed by atoms with Gasteiger partial charge < -0.3 is 10.1 Å². The lowest BCUT2D eigenvalue weighted by atomic mass is 10.1.